The summed E-state index contributed by atoms with van der Waals surface area (Å²) in [5.74, 6) is -5.59. The molecule has 6 aliphatic rings. The van der Waals surface area contributed by atoms with E-state index in [1.54, 1.807) is 104 Å². The Labute approximate surface area is 655 Å². The summed E-state index contributed by atoms with van der Waals surface area (Å²) in [4.78, 5) is 214. The highest BCUT2D eigenvalue weighted by atomic mass is 16.6. The number of amides is 12. The molecule has 0 spiro atoms. The molecule has 0 saturated carbocycles. The van der Waals surface area contributed by atoms with Crippen LogP contribution < -0.4 is 0 Å². The normalized spacial score (nSPS) is 15.2. The summed E-state index contributed by atoms with van der Waals surface area (Å²) in [6.07, 6.45) is 11.5. The Bertz CT molecular complexity index is 3850. The molecule has 0 aromatic carbocycles. The van der Waals surface area contributed by atoms with Gasteiger partial charge in [-0.2, -0.15) is 0 Å². The summed E-state index contributed by atoms with van der Waals surface area (Å²) >= 11 is 0. The van der Waals surface area contributed by atoms with Crippen LogP contribution in [0.4, 0.5) is 0 Å². The van der Waals surface area contributed by atoms with E-state index >= 15 is 0 Å². The first-order valence-electron chi connectivity index (χ1n) is 36.5. The maximum Gasteiger partial charge on any atom is 0.333 e. The average molecular weight is 1560 g/mol. The molecule has 0 atom stereocenters. The largest absolute Gasteiger partial charge is 0.463 e. The van der Waals surface area contributed by atoms with Crippen LogP contribution in [-0.2, 0) is 115 Å². The second-order valence-corrected chi connectivity index (χ2v) is 26.7. The Morgan fingerprint density at radius 2 is 0.384 bits per heavy atom. The number of hydrogen-bond donors (Lipinski definition) is 0. The number of hydrogen-bond acceptors (Lipinski definition) is 24. The second kappa shape index (κ2) is 48.9. The zero-order chi connectivity index (χ0) is 85.7. The Balaban J connectivity index is 0.000000673. The van der Waals surface area contributed by atoms with Crippen molar-refractivity contribution in [2.75, 3.05) is 78.9 Å². The Hall–Kier alpha value is -11.5. The van der Waals surface area contributed by atoms with Crippen molar-refractivity contribution in [3.8, 4) is 0 Å². The minimum Gasteiger partial charge on any atom is -0.463 e. The number of carbonyl (C=O) groups excluding carboxylic acids is 18. The quantitative estimate of drug-likeness (QED) is 0.0186. The van der Waals surface area contributed by atoms with Crippen molar-refractivity contribution in [2.24, 2.45) is 0 Å². The Kier molecular flexibility index (Phi) is 43.1. The predicted octanol–water partition coefficient (Wildman–Crippen LogP) is 8.77. The van der Waals surface area contributed by atoms with E-state index in [4.69, 9.17) is 28.4 Å². The van der Waals surface area contributed by atoms with Gasteiger partial charge in [0.15, 0.2) is 0 Å². The summed E-state index contributed by atoms with van der Waals surface area (Å²) in [6.45, 7) is 49.5. The molecule has 6 heterocycles. The highest BCUT2D eigenvalue weighted by Crippen LogP contribution is 2.25. The molecule has 30 nitrogen and oxygen atoms in total. The number of carbonyl (C=O) groups is 18. The zero-order valence-corrected chi connectivity index (χ0v) is 67.8. The molecule has 0 aliphatic carbocycles. The number of ether oxygens (including phenoxy) is 6. The van der Waals surface area contributed by atoms with Crippen LogP contribution in [0.2, 0.25) is 0 Å². The number of rotatable bonds is 36. The molecule has 12 amide bonds. The monoisotopic (exact) mass is 1560 g/mol. The molecule has 0 aromatic rings. The Morgan fingerprint density at radius 3 is 0.598 bits per heavy atom. The molecule has 0 saturated heterocycles. The molecule has 0 unspecified atom stereocenters. The van der Waals surface area contributed by atoms with Crippen molar-refractivity contribution in [1.82, 2.24) is 29.4 Å². The lowest BCUT2D eigenvalue weighted by Crippen LogP contribution is -2.35. The number of unbranched alkanes of at least 4 members (excludes halogenated alkanes) is 8. The number of nitrogens with zero attached hydrogens (tertiary/aromatic N) is 6. The second-order valence-electron chi connectivity index (χ2n) is 26.7. The fourth-order valence-electron chi connectivity index (χ4n) is 10.1. The fourth-order valence-corrected chi connectivity index (χ4v) is 10.1. The van der Waals surface area contributed by atoms with Crippen LogP contribution in [0.15, 0.2) is 141 Å². The standard InChI is InChI=1S/C16H23NO4.2C15H21NO4.C13H17NO4.C12H15NO4.C11H13NO4/c1-11(2)16(20)21-10-8-6-5-7-9-17-14(18)12(3)13(4)15(17)19;1-10(2)15(19)20-9-7-5-6-8-16-13(17)11(3)12(4)14(16)18;1-4-13(17)20-10-8-6-5-7-9-16-14(18)11(2)12(3)15(16)19;1-8(2)13(17)18-7-5-6-14-11(15)9(3)10(4)12(14)16;1-7(2)12(16)17-6-5-13-10(14)8(3)9(4)11(13)15;1-4-9(13)16-6-5-12-10(14)7(2)8(3)11(12)15/h1,5-10H2,2-4H3;1,5-9H2,2-4H3;4H,1,5-10H2,2-3H3;1,5-7H2,2-4H3;1,5-6H2,2-4H3;4H,1,5-6H2,2-3H3. The molecular formula is C82H110N6O24. The van der Waals surface area contributed by atoms with E-state index in [9.17, 15) is 86.3 Å². The van der Waals surface area contributed by atoms with Gasteiger partial charge in [0.25, 0.3) is 70.9 Å². The number of imide groups is 6. The molecule has 30 heteroatoms. The lowest BCUT2D eigenvalue weighted by atomic mass is 10.2. The summed E-state index contributed by atoms with van der Waals surface area (Å²) in [5, 5.41) is 0. The summed E-state index contributed by atoms with van der Waals surface area (Å²) in [5.41, 5.74) is 7.41. The lowest BCUT2D eigenvalue weighted by molar-refractivity contribution is -0.144. The molecule has 0 bridgehead atoms. The van der Waals surface area contributed by atoms with Gasteiger partial charge in [-0.15, -0.1) is 0 Å². The van der Waals surface area contributed by atoms with E-state index in [0.29, 0.717) is 142 Å². The topological polar surface area (TPSA) is 382 Å². The van der Waals surface area contributed by atoms with E-state index in [1.165, 1.54) is 26.5 Å². The summed E-state index contributed by atoms with van der Waals surface area (Å²) < 4.78 is 29.2. The van der Waals surface area contributed by atoms with E-state index in [-0.39, 0.29) is 128 Å². The first kappa shape index (κ1) is 98.5. The summed E-state index contributed by atoms with van der Waals surface area (Å²) in [6, 6.07) is 0. The van der Waals surface area contributed by atoms with Gasteiger partial charge in [-0.1, -0.05) is 52.3 Å². The van der Waals surface area contributed by atoms with Crippen LogP contribution in [0.5, 0.6) is 0 Å². The fraction of sp³-hybridized carbons (Fsp3) is 0.488. The highest BCUT2D eigenvalue weighted by molar-refractivity contribution is 6.22. The zero-order valence-electron chi connectivity index (χ0n) is 67.8. The minimum atomic E-state index is -0.569. The maximum atomic E-state index is 11.8. The molecule has 0 fully saturated rings. The smallest absolute Gasteiger partial charge is 0.333 e. The van der Waals surface area contributed by atoms with Crippen LogP contribution >= 0.6 is 0 Å². The lowest BCUT2D eigenvalue weighted by Gasteiger charge is -2.14. The van der Waals surface area contributed by atoms with E-state index < -0.39 is 23.9 Å². The van der Waals surface area contributed by atoms with E-state index in [1.807, 2.05) is 0 Å². The van der Waals surface area contributed by atoms with Crippen LogP contribution in [0, 0.1) is 0 Å². The third-order valence-corrected chi connectivity index (χ3v) is 18.0. The van der Waals surface area contributed by atoms with Crippen molar-refractivity contribution in [1.29, 1.82) is 0 Å². The molecule has 0 aromatic heterocycles. The van der Waals surface area contributed by atoms with Crippen LogP contribution in [-0.4, -0.2) is 215 Å². The molecule has 612 valence electrons. The third-order valence-electron chi connectivity index (χ3n) is 18.0. The van der Waals surface area contributed by atoms with E-state index in [0.717, 1.165) is 79.7 Å². The van der Waals surface area contributed by atoms with Crippen molar-refractivity contribution in [3.63, 3.8) is 0 Å². The van der Waals surface area contributed by atoms with Gasteiger partial charge in [0, 0.05) is 128 Å². The van der Waals surface area contributed by atoms with Crippen molar-refractivity contribution in [3.05, 3.63) is 141 Å². The van der Waals surface area contributed by atoms with Crippen molar-refractivity contribution in [2.45, 2.75) is 188 Å². The first-order valence-corrected chi connectivity index (χ1v) is 36.5. The van der Waals surface area contributed by atoms with Crippen LogP contribution in [0.25, 0.3) is 0 Å². The highest BCUT2D eigenvalue weighted by Gasteiger charge is 2.38. The average Bonchev–Trinajstić information content (AvgIpc) is 1.72. The maximum absolute atomic E-state index is 11.8. The molecular weight excluding hydrogens is 1450 g/mol. The third kappa shape index (κ3) is 30.1. The van der Waals surface area contributed by atoms with Crippen LogP contribution in [0.1, 0.15) is 188 Å². The van der Waals surface area contributed by atoms with Gasteiger partial charge in [-0.3, -0.25) is 86.9 Å². The van der Waals surface area contributed by atoms with Crippen LogP contribution in [0.3, 0.4) is 0 Å². The predicted molar refractivity (Wildman–Crippen MR) is 411 cm³/mol. The van der Waals surface area contributed by atoms with Crippen molar-refractivity contribution < 1.29 is 115 Å². The van der Waals surface area contributed by atoms with Gasteiger partial charge in [-0.05, 0) is 175 Å². The van der Waals surface area contributed by atoms with Gasteiger partial charge in [-0.25, -0.2) is 28.8 Å². The van der Waals surface area contributed by atoms with Gasteiger partial charge < -0.3 is 28.4 Å². The minimum absolute atomic E-state index is 0.0102. The SMILES string of the molecule is C=C(C)C(=O)OCCCCCCN1C(=O)C(C)=C(C)C1=O.C=C(C)C(=O)OCCCCCN1C(=O)C(C)=C(C)C1=O.C=C(C)C(=O)OCCCN1C(=O)C(C)=C(C)C1=O.C=C(C)C(=O)OCCN1C(=O)C(C)=C(C)C1=O.C=CC(=O)OCCCCCCN1C(=O)C(C)=C(C)C1=O.C=CC(=O)OCCN1C(=O)C(C)=C(C)C1=O. The molecule has 6 aliphatic heterocycles. The summed E-state index contributed by atoms with van der Waals surface area (Å²) in [7, 11) is 0. The number of esters is 6. The van der Waals surface area contributed by atoms with Gasteiger partial charge in [0.2, 0.25) is 0 Å². The Morgan fingerprint density at radius 1 is 0.232 bits per heavy atom. The van der Waals surface area contributed by atoms with Gasteiger partial charge >= 0.3 is 35.8 Å². The molecule has 0 N–H and O–H groups in total. The first-order chi connectivity index (χ1) is 52.4. The van der Waals surface area contributed by atoms with Gasteiger partial charge in [0.1, 0.15) is 13.2 Å². The molecule has 112 heavy (non-hydrogen) atoms. The van der Waals surface area contributed by atoms with Gasteiger partial charge in [0.05, 0.1) is 39.5 Å². The molecule has 0 radical (unpaired) electrons. The van der Waals surface area contributed by atoms with Crippen molar-refractivity contribution >= 4 is 107 Å². The van der Waals surface area contributed by atoms with E-state index in [2.05, 4.69) is 39.5 Å². The molecule has 6 rings (SSSR count).